The van der Waals surface area contributed by atoms with Gasteiger partial charge in [0.15, 0.2) is 9.84 Å². The molecule has 1 amide bonds. The third-order valence-electron chi connectivity index (χ3n) is 6.67. The van der Waals surface area contributed by atoms with Crippen LogP contribution in [-0.2, 0) is 9.84 Å². The van der Waals surface area contributed by atoms with Crippen LogP contribution >= 0.6 is 45.7 Å². The number of nitrogens with one attached hydrogen (secondary N) is 2. The van der Waals surface area contributed by atoms with Gasteiger partial charge in [-0.15, -0.1) is 23.1 Å². The van der Waals surface area contributed by atoms with Crippen LogP contribution in [0.4, 0.5) is 11.5 Å². The lowest BCUT2D eigenvalue weighted by atomic mass is 9.91. The van der Waals surface area contributed by atoms with E-state index in [0.717, 1.165) is 48.1 Å². The fourth-order valence-electron chi connectivity index (χ4n) is 4.58. The lowest BCUT2D eigenvalue weighted by molar-refractivity contribution is 0.0929. The molecule has 1 aliphatic carbocycles. The van der Waals surface area contributed by atoms with Gasteiger partial charge >= 0.3 is 0 Å². The van der Waals surface area contributed by atoms with E-state index in [9.17, 15) is 13.2 Å². The highest BCUT2D eigenvalue weighted by Crippen LogP contribution is 2.41. The molecule has 1 fully saturated rings. The van der Waals surface area contributed by atoms with Gasteiger partial charge in [-0.25, -0.2) is 13.4 Å². The van der Waals surface area contributed by atoms with Crippen molar-refractivity contribution in [3.63, 3.8) is 0 Å². The fourth-order valence-corrected chi connectivity index (χ4v) is 10.5. The third kappa shape index (κ3) is 6.04. The summed E-state index contributed by atoms with van der Waals surface area (Å²) in [7, 11) is 0.608. The summed E-state index contributed by atoms with van der Waals surface area (Å²) in [5.41, 5.74) is 2.09. The Bertz CT molecular complexity index is 1400. The SMILES string of the molecule is CSc1sc(C(=O)N[C@H]2CC[C@@H](Nc3cc(N(C)C)c4ccccc4n3)CC2)c(I)c1S(=O)(=O)C(C)C. The molecule has 0 saturated heterocycles. The summed E-state index contributed by atoms with van der Waals surface area (Å²) in [5, 5.41) is 7.37. The molecule has 1 saturated carbocycles. The number of rotatable bonds is 8. The Balaban J connectivity index is 1.42. The van der Waals surface area contributed by atoms with Crippen LogP contribution in [0.15, 0.2) is 39.4 Å². The molecule has 4 rings (SSSR count). The first-order valence-electron chi connectivity index (χ1n) is 12.3. The van der Waals surface area contributed by atoms with Crippen molar-refractivity contribution >= 4 is 83.8 Å². The second kappa shape index (κ2) is 11.7. The second-order valence-electron chi connectivity index (χ2n) is 9.76. The van der Waals surface area contributed by atoms with E-state index in [0.29, 0.717) is 17.6 Å². The highest BCUT2D eigenvalue weighted by Gasteiger charge is 2.32. The van der Waals surface area contributed by atoms with Gasteiger partial charge in [-0.3, -0.25) is 4.79 Å². The second-order valence-corrected chi connectivity index (χ2v) is 15.4. The number of pyridine rings is 1. The quantitative estimate of drug-likeness (QED) is 0.223. The summed E-state index contributed by atoms with van der Waals surface area (Å²) < 4.78 is 27.0. The van der Waals surface area contributed by atoms with Crippen molar-refractivity contribution in [1.82, 2.24) is 10.3 Å². The Morgan fingerprint density at radius 3 is 2.43 bits per heavy atom. The largest absolute Gasteiger partial charge is 0.377 e. The average Bonchev–Trinajstić information content (AvgIpc) is 3.21. The van der Waals surface area contributed by atoms with E-state index in [-0.39, 0.29) is 18.0 Å². The maximum absolute atomic E-state index is 13.2. The molecule has 0 atom stereocenters. The smallest absolute Gasteiger partial charge is 0.262 e. The number of carbonyl (C=O) groups is 1. The summed E-state index contributed by atoms with van der Waals surface area (Å²) in [6, 6.07) is 10.6. The number of hydrogen-bond acceptors (Lipinski definition) is 8. The highest BCUT2D eigenvalue weighted by molar-refractivity contribution is 14.1. The molecule has 0 bridgehead atoms. The Morgan fingerprint density at radius 2 is 1.81 bits per heavy atom. The highest BCUT2D eigenvalue weighted by atomic mass is 127. The molecule has 2 heterocycles. The van der Waals surface area contributed by atoms with Crippen LogP contribution in [0.3, 0.4) is 0 Å². The minimum atomic E-state index is -3.47. The van der Waals surface area contributed by atoms with Gasteiger partial charge in [0.05, 0.1) is 18.5 Å². The van der Waals surface area contributed by atoms with Gasteiger partial charge in [0.2, 0.25) is 0 Å². The molecular weight excluding hydrogens is 639 g/mol. The van der Waals surface area contributed by atoms with E-state index in [2.05, 4.69) is 27.7 Å². The predicted molar refractivity (Wildman–Crippen MR) is 164 cm³/mol. The fraction of sp³-hybridized carbons (Fsp3) is 0.462. The number of fused-ring (bicyclic) bond motifs is 1. The molecule has 1 aromatic carbocycles. The zero-order valence-corrected chi connectivity index (χ0v) is 26.3. The molecule has 11 heteroatoms. The number of thioether (sulfide) groups is 1. The summed E-state index contributed by atoms with van der Waals surface area (Å²) in [6.45, 7) is 3.35. The predicted octanol–water partition coefficient (Wildman–Crippen LogP) is 6.02. The zero-order valence-electron chi connectivity index (χ0n) is 21.7. The lowest BCUT2D eigenvalue weighted by Gasteiger charge is -2.30. The van der Waals surface area contributed by atoms with Crippen molar-refractivity contribution in [2.24, 2.45) is 0 Å². The zero-order chi connectivity index (χ0) is 26.9. The number of hydrogen-bond donors (Lipinski definition) is 2. The van der Waals surface area contributed by atoms with Crippen LogP contribution in [0.1, 0.15) is 49.2 Å². The molecule has 1 aliphatic rings. The summed E-state index contributed by atoms with van der Waals surface area (Å²) in [5.74, 6) is 0.685. The normalized spacial score (nSPS) is 18.2. The number of anilines is 2. The van der Waals surface area contributed by atoms with Gasteiger partial charge in [0.1, 0.15) is 15.6 Å². The van der Waals surface area contributed by atoms with E-state index in [1.54, 1.807) is 13.8 Å². The summed E-state index contributed by atoms with van der Waals surface area (Å²) in [6.07, 6.45) is 5.39. The molecule has 37 heavy (non-hydrogen) atoms. The van der Waals surface area contributed by atoms with Crippen molar-refractivity contribution in [3.8, 4) is 0 Å². The third-order valence-corrected chi connectivity index (χ3v) is 13.3. The Labute approximate surface area is 241 Å². The van der Waals surface area contributed by atoms with E-state index < -0.39 is 15.1 Å². The monoisotopic (exact) mass is 672 g/mol. The number of aromatic nitrogens is 1. The first kappa shape index (κ1) is 28.4. The molecule has 7 nitrogen and oxygen atoms in total. The minimum absolute atomic E-state index is 0.0632. The Hall–Kier alpha value is -1.57. The Morgan fingerprint density at radius 1 is 1.16 bits per heavy atom. The molecule has 0 aliphatic heterocycles. The van der Waals surface area contributed by atoms with Gasteiger partial charge in [-0.1, -0.05) is 18.2 Å². The first-order chi connectivity index (χ1) is 17.5. The van der Waals surface area contributed by atoms with Gasteiger partial charge in [0.25, 0.3) is 5.91 Å². The molecule has 2 aromatic heterocycles. The van der Waals surface area contributed by atoms with Crippen LogP contribution in [0.5, 0.6) is 0 Å². The number of para-hydroxylation sites is 1. The van der Waals surface area contributed by atoms with Crippen molar-refractivity contribution < 1.29 is 13.2 Å². The number of sulfone groups is 1. The van der Waals surface area contributed by atoms with Crippen LogP contribution in [0.25, 0.3) is 10.9 Å². The molecule has 0 unspecified atom stereocenters. The van der Waals surface area contributed by atoms with Crippen LogP contribution in [0.2, 0.25) is 0 Å². The topological polar surface area (TPSA) is 91.4 Å². The van der Waals surface area contributed by atoms with Crippen LogP contribution in [0, 0.1) is 3.57 Å². The molecule has 3 aromatic rings. The maximum Gasteiger partial charge on any atom is 0.262 e. The number of nitrogens with zero attached hydrogens (tertiary/aromatic N) is 2. The Kier molecular flexibility index (Phi) is 8.97. The average molecular weight is 673 g/mol. The van der Waals surface area contributed by atoms with Crippen LogP contribution in [-0.4, -0.2) is 57.0 Å². The van der Waals surface area contributed by atoms with Crippen LogP contribution < -0.4 is 15.5 Å². The van der Waals surface area contributed by atoms with Gasteiger partial charge in [-0.05, 0) is 74.4 Å². The van der Waals surface area contributed by atoms with Crippen molar-refractivity contribution in [2.75, 3.05) is 30.6 Å². The number of halogens is 1. The minimum Gasteiger partial charge on any atom is -0.377 e. The van der Waals surface area contributed by atoms with Gasteiger partial charge in [-0.2, -0.15) is 0 Å². The lowest BCUT2D eigenvalue weighted by Crippen LogP contribution is -2.40. The summed E-state index contributed by atoms with van der Waals surface area (Å²) in [4.78, 5) is 20.9. The van der Waals surface area contributed by atoms with Gasteiger partial charge < -0.3 is 15.5 Å². The van der Waals surface area contributed by atoms with Crippen molar-refractivity contribution in [3.05, 3.63) is 38.8 Å². The first-order valence-corrected chi connectivity index (χ1v) is 16.9. The van der Waals surface area contributed by atoms with Crippen molar-refractivity contribution in [2.45, 2.75) is 66.0 Å². The standard InChI is InChI=1S/C26H33IN4O3S3/c1-15(2)37(33,34)24-22(27)23(36-26(24)35-5)25(32)29-17-12-10-16(11-13-17)28-21-14-20(31(3)4)18-8-6-7-9-19(18)30-21/h6-9,14-17H,10-13H2,1-5H3,(H,28,30)(H,29,32)/t16-,17+. The van der Waals surface area contributed by atoms with Gasteiger partial charge in [0, 0.05) is 43.3 Å². The molecule has 2 N–H and O–H groups in total. The molecule has 0 spiro atoms. The van der Waals surface area contributed by atoms with E-state index in [4.69, 9.17) is 4.98 Å². The number of thiophene rings is 1. The molecular formula is C26H33IN4O3S3. The van der Waals surface area contributed by atoms with E-state index in [1.165, 1.54) is 23.1 Å². The molecule has 200 valence electrons. The maximum atomic E-state index is 13.2. The number of amides is 1. The summed E-state index contributed by atoms with van der Waals surface area (Å²) >= 11 is 4.67. The van der Waals surface area contributed by atoms with Crippen molar-refractivity contribution in [1.29, 1.82) is 0 Å². The van der Waals surface area contributed by atoms with E-state index >= 15 is 0 Å². The number of benzene rings is 1. The number of carbonyl (C=O) groups excluding carboxylic acids is 1. The molecule has 0 radical (unpaired) electrons. The van der Waals surface area contributed by atoms with E-state index in [1.807, 2.05) is 61.1 Å².